The van der Waals surface area contributed by atoms with Gasteiger partial charge in [0.15, 0.2) is 0 Å². The van der Waals surface area contributed by atoms with Gasteiger partial charge in [-0.15, -0.1) is 0 Å². The number of amides is 3. The largest absolute Gasteiger partial charge is 0.345 e. The lowest BCUT2D eigenvalue weighted by Crippen LogP contribution is -2.51. The molecule has 1 aromatic heterocycles. The van der Waals surface area contributed by atoms with Gasteiger partial charge in [0.1, 0.15) is 5.69 Å². The second-order valence-corrected chi connectivity index (χ2v) is 8.29. The third-order valence-electron chi connectivity index (χ3n) is 5.71. The van der Waals surface area contributed by atoms with Gasteiger partial charge in [-0.25, -0.2) is 4.98 Å². The molecule has 1 atom stereocenters. The van der Waals surface area contributed by atoms with E-state index in [4.69, 9.17) is 11.6 Å². The number of nitrogens with zero attached hydrogens (tertiary/aromatic N) is 4. The number of rotatable bonds is 6. The first-order valence-corrected chi connectivity index (χ1v) is 11.3. The number of hydrogen-bond donors (Lipinski definition) is 1. The monoisotopic (exact) mass is 477 g/mol. The average Bonchev–Trinajstić information content (AvgIpc) is 2.89. The molecule has 2 heterocycles. The Labute approximate surface area is 202 Å². The minimum absolute atomic E-state index is 0.0955. The Morgan fingerprint density at radius 2 is 1.59 bits per heavy atom. The first kappa shape index (κ1) is 23.4. The number of hydrogen-bond acceptors (Lipinski definition) is 5. The van der Waals surface area contributed by atoms with Gasteiger partial charge in [0.05, 0.1) is 29.2 Å². The summed E-state index contributed by atoms with van der Waals surface area (Å²) in [5.74, 6) is -0.638. The maximum Gasteiger partial charge on any atom is 0.274 e. The fourth-order valence-electron chi connectivity index (χ4n) is 3.85. The van der Waals surface area contributed by atoms with Gasteiger partial charge >= 0.3 is 0 Å². The fourth-order valence-corrected chi connectivity index (χ4v) is 4.07. The third kappa shape index (κ3) is 5.58. The Bertz CT molecular complexity index is 1150. The van der Waals surface area contributed by atoms with Crippen LogP contribution in [-0.4, -0.2) is 63.7 Å². The van der Waals surface area contributed by atoms with Crippen LogP contribution in [0.15, 0.2) is 73.2 Å². The second kappa shape index (κ2) is 10.9. The summed E-state index contributed by atoms with van der Waals surface area (Å²) in [5.41, 5.74) is 1.47. The number of aromatic nitrogens is 2. The molecule has 9 heteroatoms. The number of benzene rings is 2. The Morgan fingerprint density at radius 1 is 0.912 bits per heavy atom. The lowest BCUT2D eigenvalue weighted by atomic mass is 10.0. The van der Waals surface area contributed by atoms with Crippen molar-refractivity contribution in [1.29, 1.82) is 0 Å². The fraction of sp³-hybridized carbons (Fsp3) is 0.240. The molecule has 1 saturated heterocycles. The highest BCUT2D eigenvalue weighted by Gasteiger charge is 2.28. The van der Waals surface area contributed by atoms with Crippen molar-refractivity contribution >= 4 is 29.3 Å². The van der Waals surface area contributed by atoms with E-state index in [9.17, 15) is 14.4 Å². The van der Waals surface area contributed by atoms with Gasteiger partial charge < -0.3 is 15.1 Å². The quantitative estimate of drug-likeness (QED) is 0.589. The predicted molar refractivity (Wildman–Crippen MR) is 127 cm³/mol. The van der Waals surface area contributed by atoms with Crippen LogP contribution in [0, 0.1) is 0 Å². The minimum atomic E-state index is -0.517. The van der Waals surface area contributed by atoms with Gasteiger partial charge in [0.2, 0.25) is 5.91 Å². The van der Waals surface area contributed by atoms with Crippen LogP contribution in [0.1, 0.15) is 38.9 Å². The van der Waals surface area contributed by atoms with Crippen LogP contribution >= 0.6 is 11.6 Å². The third-order valence-corrected chi connectivity index (χ3v) is 6.04. The predicted octanol–water partition coefficient (Wildman–Crippen LogP) is 2.98. The van der Waals surface area contributed by atoms with E-state index in [2.05, 4.69) is 15.3 Å². The molecule has 8 nitrogen and oxygen atoms in total. The average molecular weight is 478 g/mol. The van der Waals surface area contributed by atoms with Gasteiger partial charge in [-0.1, -0.05) is 54.1 Å². The molecule has 174 valence electrons. The molecule has 3 amide bonds. The summed E-state index contributed by atoms with van der Waals surface area (Å²) in [6.45, 7) is 1.63. The van der Waals surface area contributed by atoms with Crippen LogP contribution < -0.4 is 5.32 Å². The van der Waals surface area contributed by atoms with Crippen molar-refractivity contribution in [2.24, 2.45) is 0 Å². The van der Waals surface area contributed by atoms with Crippen molar-refractivity contribution in [1.82, 2.24) is 25.1 Å². The van der Waals surface area contributed by atoms with Crippen molar-refractivity contribution in [3.05, 3.63) is 95.0 Å². The minimum Gasteiger partial charge on any atom is -0.345 e. The van der Waals surface area contributed by atoms with Crippen molar-refractivity contribution in [2.75, 3.05) is 26.2 Å². The van der Waals surface area contributed by atoms with Crippen molar-refractivity contribution in [3.8, 4) is 0 Å². The summed E-state index contributed by atoms with van der Waals surface area (Å²) < 4.78 is 0. The van der Waals surface area contributed by atoms with Gasteiger partial charge in [-0.2, -0.15) is 0 Å². The van der Waals surface area contributed by atoms with Crippen LogP contribution in [-0.2, 0) is 4.79 Å². The van der Waals surface area contributed by atoms with Crippen LogP contribution in [0.25, 0.3) is 0 Å². The molecule has 0 spiro atoms. The Hall–Kier alpha value is -3.78. The first-order valence-electron chi connectivity index (χ1n) is 11.0. The molecule has 34 heavy (non-hydrogen) atoms. The molecule has 1 aliphatic rings. The summed E-state index contributed by atoms with van der Waals surface area (Å²) in [6.07, 6.45) is 4.53. The molecular weight excluding hydrogens is 454 g/mol. The van der Waals surface area contributed by atoms with Gasteiger partial charge in [0, 0.05) is 38.6 Å². The maximum absolute atomic E-state index is 13.1. The van der Waals surface area contributed by atoms with Crippen LogP contribution in [0.5, 0.6) is 0 Å². The number of halogens is 1. The highest BCUT2D eigenvalue weighted by Crippen LogP contribution is 2.21. The van der Waals surface area contributed by atoms with Crippen molar-refractivity contribution < 1.29 is 14.4 Å². The summed E-state index contributed by atoms with van der Waals surface area (Å²) in [6, 6.07) is 15.6. The van der Waals surface area contributed by atoms with Gasteiger partial charge in [-0.3, -0.25) is 19.4 Å². The van der Waals surface area contributed by atoms with E-state index in [1.54, 1.807) is 34.1 Å². The van der Waals surface area contributed by atoms with E-state index >= 15 is 0 Å². The topological polar surface area (TPSA) is 95.5 Å². The molecule has 3 aromatic rings. The lowest BCUT2D eigenvalue weighted by Gasteiger charge is -2.35. The molecule has 1 fully saturated rings. The van der Waals surface area contributed by atoms with Crippen LogP contribution in [0.4, 0.5) is 0 Å². The summed E-state index contributed by atoms with van der Waals surface area (Å²) in [7, 11) is 0. The number of nitrogens with one attached hydrogen (secondary N) is 1. The number of piperazine rings is 1. The summed E-state index contributed by atoms with van der Waals surface area (Å²) >= 11 is 6.18. The molecule has 0 aliphatic carbocycles. The second-order valence-electron chi connectivity index (χ2n) is 7.88. The van der Waals surface area contributed by atoms with E-state index in [1.807, 2.05) is 30.3 Å². The Kier molecular flexibility index (Phi) is 7.49. The number of carbonyl (C=O) groups excluding carboxylic acids is 3. The highest BCUT2D eigenvalue weighted by molar-refractivity contribution is 6.33. The van der Waals surface area contributed by atoms with Crippen molar-refractivity contribution in [2.45, 2.75) is 12.5 Å². The van der Waals surface area contributed by atoms with E-state index in [0.717, 1.165) is 5.56 Å². The van der Waals surface area contributed by atoms with E-state index in [0.29, 0.717) is 36.8 Å². The number of carbonyl (C=O) groups is 3. The smallest absolute Gasteiger partial charge is 0.274 e. The molecular formula is C25H24ClN5O3. The SMILES string of the molecule is O=C(NC(CC(=O)N1CCN(C(=O)c2cnccn2)CC1)c1ccccc1)c1ccccc1Cl. The van der Waals surface area contributed by atoms with Gasteiger partial charge in [0.25, 0.3) is 11.8 Å². The Morgan fingerprint density at radius 3 is 2.26 bits per heavy atom. The normalized spacial score (nSPS) is 14.4. The summed E-state index contributed by atoms with van der Waals surface area (Å²) in [4.78, 5) is 50.0. The molecule has 1 N–H and O–H groups in total. The van der Waals surface area contributed by atoms with E-state index < -0.39 is 6.04 Å². The van der Waals surface area contributed by atoms with Crippen LogP contribution in [0.3, 0.4) is 0 Å². The molecule has 0 saturated carbocycles. The zero-order valence-electron chi connectivity index (χ0n) is 18.4. The molecule has 0 radical (unpaired) electrons. The lowest BCUT2D eigenvalue weighted by molar-refractivity contribution is -0.133. The molecule has 1 unspecified atom stereocenters. The maximum atomic E-state index is 13.1. The molecule has 2 aromatic carbocycles. The summed E-state index contributed by atoms with van der Waals surface area (Å²) in [5, 5.41) is 3.31. The zero-order valence-corrected chi connectivity index (χ0v) is 19.2. The van der Waals surface area contributed by atoms with Gasteiger partial charge in [-0.05, 0) is 17.7 Å². The molecule has 4 rings (SSSR count). The zero-order chi connectivity index (χ0) is 23.9. The Balaban J connectivity index is 1.41. The van der Waals surface area contributed by atoms with Crippen LogP contribution in [0.2, 0.25) is 5.02 Å². The van der Waals surface area contributed by atoms with Crippen molar-refractivity contribution in [3.63, 3.8) is 0 Å². The van der Waals surface area contributed by atoms with E-state index in [1.165, 1.54) is 18.6 Å². The molecule has 1 aliphatic heterocycles. The van der Waals surface area contributed by atoms with E-state index in [-0.39, 0.29) is 29.8 Å². The highest BCUT2D eigenvalue weighted by atomic mass is 35.5. The standard InChI is InChI=1S/C25H24ClN5O3/c26-20-9-5-4-8-19(20)24(33)29-21(18-6-2-1-3-7-18)16-23(32)30-12-14-31(15-13-30)25(34)22-17-27-10-11-28-22/h1-11,17,21H,12-16H2,(H,29,33). The molecule has 0 bridgehead atoms. The first-order chi connectivity index (χ1) is 16.5.